The number of fused-ring (bicyclic) bond motifs is 6. The van der Waals surface area contributed by atoms with Gasteiger partial charge >= 0.3 is 0 Å². The van der Waals surface area contributed by atoms with Gasteiger partial charge in [0.05, 0.1) is 21.6 Å². The summed E-state index contributed by atoms with van der Waals surface area (Å²) in [5.41, 5.74) is 8.92. The summed E-state index contributed by atoms with van der Waals surface area (Å²) in [6.07, 6.45) is 0. The molecular formula is C31H20N4O. The van der Waals surface area contributed by atoms with Gasteiger partial charge < -0.3 is 0 Å². The first kappa shape index (κ1) is 21.5. The molecule has 0 N–H and O–H groups in total. The summed E-state index contributed by atoms with van der Waals surface area (Å²) in [7, 11) is 0. The number of nitrogens with zero attached hydrogens (tertiary/aromatic N) is 4. The van der Waals surface area contributed by atoms with Gasteiger partial charge in [-0.25, -0.2) is 4.98 Å². The van der Waals surface area contributed by atoms with Crippen LogP contribution in [0.15, 0.2) is 71.5 Å². The second-order valence-electron chi connectivity index (χ2n) is 9.24. The van der Waals surface area contributed by atoms with Crippen LogP contribution >= 0.6 is 0 Å². The maximum absolute atomic E-state index is 13.9. The highest BCUT2D eigenvalue weighted by atomic mass is 16.1. The van der Waals surface area contributed by atoms with E-state index in [4.69, 9.17) is 4.98 Å². The van der Waals surface area contributed by atoms with Crippen LogP contribution in [0, 0.1) is 43.4 Å². The number of para-hydroxylation sites is 1. The molecule has 2 heterocycles. The highest BCUT2D eigenvalue weighted by Gasteiger charge is 2.20. The van der Waals surface area contributed by atoms with E-state index in [1.807, 2.05) is 54.6 Å². The van der Waals surface area contributed by atoms with Crippen molar-refractivity contribution in [2.45, 2.75) is 20.8 Å². The molecule has 0 bridgehead atoms. The molecule has 2 aliphatic carbocycles. The zero-order chi connectivity index (χ0) is 25.1. The Morgan fingerprint density at radius 1 is 0.861 bits per heavy atom. The van der Waals surface area contributed by atoms with Crippen molar-refractivity contribution >= 4 is 33.0 Å². The van der Waals surface area contributed by atoms with Crippen molar-refractivity contribution in [2.24, 2.45) is 0 Å². The van der Waals surface area contributed by atoms with Crippen LogP contribution in [-0.4, -0.2) is 9.38 Å². The van der Waals surface area contributed by atoms with Gasteiger partial charge in [0.25, 0.3) is 5.56 Å². The molecule has 0 unspecified atom stereocenters. The second kappa shape index (κ2) is 7.77. The summed E-state index contributed by atoms with van der Waals surface area (Å²) in [5, 5.41) is 20.8. The molecule has 4 aromatic rings. The lowest BCUT2D eigenvalue weighted by Gasteiger charge is -2.10. The first-order valence-corrected chi connectivity index (χ1v) is 11.7. The monoisotopic (exact) mass is 464 g/mol. The van der Waals surface area contributed by atoms with Crippen molar-refractivity contribution in [2.75, 3.05) is 0 Å². The third-order valence-corrected chi connectivity index (χ3v) is 6.93. The predicted molar refractivity (Wildman–Crippen MR) is 143 cm³/mol. The van der Waals surface area contributed by atoms with E-state index in [1.54, 1.807) is 0 Å². The Bertz CT molecular complexity index is 2030. The maximum atomic E-state index is 13.9. The normalized spacial score (nSPS) is 11.2. The van der Waals surface area contributed by atoms with Gasteiger partial charge in [-0.2, -0.15) is 10.5 Å². The molecule has 0 amide bonds. The highest BCUT2D eigenvalue weighted by Crippen LogP contribution is 2.34. The molecule has 2 aromatic carbocycles. The molecule has 0 fully saturated rings. The average Bonchev–Trinajstić information content (AvgIpc) is 3.29. The number of hydrogen-bond donors (Lipinski definition) is 0. The Labute approximate surface area is 207 Å². The zero-order valence-corrected chi connectivity index (χ0v) is 20.0. The maximum Gasteiger partial charge on any atom is 0.266 e. The van der Waals surface area contributed by atoms with Crippen LogP contribution in [0.3, 0.4) is 0 Å². The summed E-state index contributed by atoms with van der Waals surface area (Å²) < 4.78 is 1.53. The minimum Gasteiger partial charge on any atom is -0.268 e. The van der Waals surface area contributed by atoms with Crippen LogP contribution in [0.5, 0.6) is 0 Å². The number of nitriles is 2. The molecule has 0 radical (unpaired) electrons. The van der Waals surface area contributed by atoms with E-state index >= 15 is 0 Å². The van der Waals surface area contributed by atoms with Gasteiger partial charge in [-0.1, -0.05) is 60.2 Å². The number of aromatic nitrogens is 2. The van der Waals surface area contributed by atoms with Crippen LogP contribution in [0.2, 0.25) is 0 Å². The van der Waals surface area contributed by atoms with E-state index in [0.29, 0.717) is 32.7 Å². The van der Waals surface area contributed by atoms with Crippen LogP contribution in [0.1, 0.15) is 16.7 Å². The standard InChI is InChI=1S/C31H20N4O/c1-17-12-18(2)27(19(3)13-17)20-8-9-21-14-25-29(23(21)11-10-20)31(36)35-26-7-5-4-6-24(26)28(30(35)34-25)22(15-32)16-33/h4-14H,1-3H3. The lowest BCUT2D eigenvalue weighted by molar-refractivity contribution is 1.15. The number of benzene rings is 2. The van der Waals surface area contributed by atoms with Gasteiger partial charge in [-0.05, 0) is 66.3 Å². The Hall–Kier alpha value is -5.00. The average molecular weight is 465 g/mol. The molecule has 6 rings (SSSR count). The molecule has 36 heavy (non-hydrogen) atoms. The van der Waals surface area contributed by atoms with E-state index < -0.39 is 0 Å². The number of hydrogen-bond acceptors (Lipinski definition) is 4. The Morgan fingerprint density at radius 2 is 1.53 bits per heavy atom. The van der Waals surface area contributed by atoms with Crippen molar-refractivity contribution in [3.8, 4) is 34.4 Å². The second-order valence-corrected chi connectivity index (χ2v) is 9.24. The van der Waals surface area contributed by atoms with Gasteiger partial charge in [0.15, 0.2) is 5.65 Å². The van der Waals surface area contributed by atoms with Crippen molar-refractivity contribution < 1.29 is 0 Å². The minimum atomic E-state index is -0.210. The summed E-state index contributed by atoms with van der Waals surface area (Å²) in [4.78, 5) is 18.7. The molecule has 0 aliphatic heterocycles. The van der Waals surface area contributed by atoms with Crippen LogP contribution in [0.25, 0.3) is 55.3 Å². The largest absolute Gasteiger partial charge is 0.268 e. The molecule has 2 aliphatic rings. The Balaban J connectivity index is 1.73. The van der Waals surface area contributed by atoms with Gasteiger partial charge in [-0.3, -0.25) is 9.20 Å². The van der Waals surface area contributed by atoms with Crippen molar-refractivity contribution in [3.63, 3.8) is 0 Å². The minimum absolute atomic E-state index is 0.0593. The van der Waals surface area contributed by atoms with E-state index in [2.05, 4.69) is 45.0 Å². The topological polar surface area (TPSA) is 81.9 Å². The fourth-order valence-corrected chi connectivity index (χ4v) is 5.57. The Kier molecular flexibility index (Phi) is 4.64. The van der Waals surface area contributed by atoms with E-state index in [9.17, 15) is 15.3 Å². The van der Waals surface area contributed by atoms with Gasteiger partial charge in [0.1, 0.15) is 17.7 Å². The van der Waals surface area contributed by atoms with Crippen LogP contribution in [0.4, 0.5) is 0 Å². The fraction of sp³-hybridized carbons (Fsp3) is 0.0968. The summed E-state index contributed by atoms with van der Waals surface area (Å²) in [6.45, 7) is 6.34. The molecule has 2 aromatic heterocycles. The van der Waals surface area contributed by atoms with Gasteiger partial charge in [0, 0.05) is 5.39 Å². The molecule has 5 nitrogen and oxygen atoms in total. The lowest BCUT2D eigenvalue weighted by Crippen LogP contribution is -2.16. The van der Waals surface area contributed by atoms with Crippen LogP contribution in [-0.2, 0) is 0 Å². The quantitative estimate of drug-likeness (QED) is 0.316. The van der Waals surface area contributed by atoms with E-state index in [0.717, 1.165) is 16.7 Å². The summed E-state index contributed by atoms with van der Waals surface area (Å²) in [6, 6.07) is 25.7. The Morgan fingerprint density at radius 3 is 2.25 bits per heavy atom. The van der Waals surface area contributed by atoms with Crippen molar-refractivity contribution in [3.05, 3.63) is 99.0 Å². The number of aryl methyl sites for hydroxylation is 3. The zero-order valence-electron chi connectivity index (χ0n) is 20.0. The fourth-order valence-electron chi connectivity index (χ4n) is 5.57. The SMILES string of the molecule is Cc1cc(C)c(-c2ccc3cc4nc5c(=C(C#N)C#N)c6ccccc6n5c(=O)c4c-3cc2)c(C)c1. The number of rotatable bonds is 1. The molecule has 170 valence electrons. The van der Waals surface area contributed by atoms with Gasteiger partial charge in [-0.15, -0.1) is 0 Å². The smallest absolute Gasteiger partial charge is 0.266 e. The first-order valence-electron chi connectivity index (χ1n) is 11.7. The van der Waals surface area contributed by atoms with Crippen LogP contribution < -0.4 is 10.8 Å². The van der Waals surface area contributed by atoms with Crippen molar-refractivity contribution in [1.82, 2.24) is 9.38 Å². The highest BCUT2D eigenvalue weighted by molar-refractivity contribution is 6.03. The molecule has 0 spiro atoms. The lowest BCUT2D eigenvalue weighted by atomic mass is 9.95. The molecular weight excluding hydrogens is 444 g/mol. The van der Waals surface area contributed by atoms with E-state index in [-0.39, 0.29) is 11.1 Å². The predicted octanol–water partition coefficient (Wildman–Crippen LogP) is 5.61. The molecule has 5 heteroatoms. The molecule has 0 saturated heterocycles. The third-order valence-electron chi connectivity index (χ3n) is 6.93. The molecule has 0 atom stereocenters. The van der Waals surface area contributed by atoms with E-state index in [1.165, 1.54) is 26.7 Å². The summed E-state index contributed by atoms with van der Waals surface area (Å²) in [5.74, 6) is 0. The first-order chi connectivity index (χ1) is 17.4. The molecule has 0 saturated carbocycles. The summed E-state index contributed by atoms with van der Waals surface area (Å²) >= 11 is 0. The van der Waals surface area contributed by atoms with Gasteiger partial charge in [0.2, 0.25) is 0 Å². The van der Waals surface area contributed by atoms with Crippen molar-refractivity contribution in [1.29, 1.82) is 10.5 Å². The third kappa shape index (κ3) is 2.94.